The van der Waals surface area contributed by atoms with Crippen molar-refractivity contribution in [3.63, 3.8) is 0 Å². The first kappa shape index (κ1) is 15.2. The third-order valence-corrected chi connectivity index (χ3v) is 4.00. The van der Waals surface area contributed by atoms with Gasteiger partial charge in [-0.3, -0.25) is 0 Å². The van der Waals surface area contributed by atoms with Gasteiger partial charge in [-0.05, 0) is 18.6 Å². The minimum atomic E-state index is -0.665. The molecule has 2 fully saturated rings. The average molecular weight is 312 g/mol. The van der Waals surface area contributed by atoms with Crippen LogP contribution in [0.4, 0.5) is 19.3 Å². The van der Waals surface area contributed by atoms with Gasteiger partial charge < -0.3 is 19.7 Å². The number of carbonyl (C=O) groups is 1. The molecule has 0 bridgehead atoms. The van der Waals surface area contributed by atoms with Gasteiger partial charge in [0.25, 0.3) is 0 Å². The van der Waals surface area contributed by atoms with Gasteiger partial charge in [0.15, 0.2) is 5.79 Å². The Hall–Kier alpha value is -1.73. The highest BCUT2D eigenvalue weighted by Gasteiger charge is 2.39. The molecule has 5 nitrogen and oxygen atoms in total. The van der Waals surface area contributed by atoms with Crippen molar-refractivity contribution in [3.05, 3.63) is 29.8 Å². The maximum atomic E-state index is 13.5. The summed E-state index contributed by atoms with van der Waals surface area (Å²) < 4.78 is 38.1. The summed E-state index contributed by atoms with van der Waals surface area (Å²) in [6.45, 7) is 2.23. The van der Waals surface area contributed by atoms with Gasteiger partial charge in [0.1, 0.15) is 11.6 Å². The molecule has 1 spiro atoms. The van der Waals surface area contributed by atoms with Crippen LogP contribution in [0, 0.1) is 11.6 Å². The zero-order chi connectivity index (χ0) is 15.6. The van der Waals surface area contributed by atoms with E-state index < -0.39 is 23.5 Å². The molecule has 0 unspecified atom stereocenters. The summed E-state index contributed by atoms with van der Waals surface area (Å²) in [7, 11) is 0. The third kappa shape index (κ3) is 3.20. The Morgan fingerprint density at radius 3 is 2.55 bits per heavy atom. The zero-order valence-electron chi connectivity index (χ0n) is 12.1. The van der Waals surface area contributed by atoms with Crippen molar-refractivity contribution in [3.8, 4) is 0 Å². The molecule has 2 amide bonds. The minimum absolute atomic E-state index is 0.157. The van der Waals surface area contributed by atoms with E-state index in [4.69, 9.17) is 9.47 Å². The van der Waals surface area contributed by atoms with Crippen molar-refractivity contribution in [2.75, 3.05) is 31.6 Å². The largest absolute Gasteiger partial charge is 0.350 e. The number of hydrogen-bond donors (Lipinski definition) is 1. The summed E-state index contributed by atoms with van der Waals surface area (Å²) in [6.07, 6.45) is 2.03. The van der Waals surface area contributed by atoms with Gasteiger partial charge in [-0.1, -0.05) is 0 Å². The summed E-state index contributed by atoms with van der Waals surface area (Å²) >= 11 is 0. The Labute approximate surface area is 127 Å². The molecular weight excluding hydrogens is 294 g/mol. The summed E-state index contributed by atoms with van der Waals surface area (Å²) in [5, 5.41) is 2.40. The standard InChI is InChI=1S/C15H18F2N2O3/c16-11-2-3-12(17)13(10-11)18-14(20)19-6-4-15(5-7-19)21-8-1-9-22-15/h2-3,10H,1,4-9H2,(H,18,20). The second kappa shape index (κ2) is 6.18. The van der Waals surface area contributed by atoms with Crippen LogP contribution in [0.25, 0.3) is 0 Å². The van der Waals surface area contributed by atoms with Crippen LogP contribution >= 0.6 is 0 Å². The number of halogens is 2. The van der Waals surface area contributed by atoms with E-state index in [9.17, 15) is 13.6 Å². The van der Waals surface area contributed by atoms with Crippen LogP contribution in [0.15, 0.2) is 18.2 Å². The SMILES string of the molecule is O=C(Nc1cc(F)ccc1F)N1CCC2(CC1)OCCCO2. The van der Waals surface area contributed by atoms with Gasteiger partial charge in [-0.2, -0.15) is 0 Å². The second-order valence-electron chi connectivity index (χ2n) is 5.50. The molecule has 0 atom stereocenters. The lowest BCUT2D eigenvalue weighted by Crippen LogP contribution is -2.52. The molecule has 22 heavy (non-hydrogen) atoms. The van der Waals surface area contributed by atoms with Crippen LogP contribution in [-0.4, -0.2) is 43.0 Å². The van der Waals surface area contributed by atoms with Gasteiger partial charge in [0, 0.05) is 32.0 Å². The highest BCUT2D eigenvalue weighted by molar-refractivity contribution is 5.89. The number of amides is 2. The fourth-order valence-electron chi connectivity index (χ4n) is 2.74. The first-order chi connectivity index (χ1) is 10.6. The van der Waals surface area contributed by atoms with E-state index in [0.717, 1.165) is 24.6 Å². The van der Waals surface area contributed by atoms with Crippen LogP contribution in [0.5, 0.6) is 0 Å². The lowest BCUT2D eigenvalue weighted by Gasteiger charge is -2.43. The van der Waals surface area contributed by atoms with E-state index in [2.05, 4.69) is 5.32 Å². The molecule has 0 aromatic heterocycles. The maximum absolute atomic E-state index is 13.5. The molecule has 0 saturated carbocycles. The van der Waals surface area contributed by atoms with E-state index in [0.29, 0.717) is 39.1 Å². The number of carbonyl (C=O) groups excluding carboxylic acids is 1. The molecule has 0 radical (unpaired) electrons. The van der Waals surface area contributed by atoms with Crippen LogP contribution in [0.1, 0.15) is 19.3 Å². The van der Waals surface area contributed by atoms with Crippen LogP contribution in [0.2, 0.25) is 0 Å². The number of urea groups is 1. The van der Waals surface area contributed by atoms with Crippen molar-refractivity contribution in [2.24, 2.45) is 0 Å². The molecular formula is C15H18F2N2O3. The lowest BCUT2D eigenvalue weighted by molar-refractivity contribution is -0.281. The highest BCUT2D eigenvalue weighted by atomic mass is 19.1. The molecule has 2 saturated heterocycles. The molecule has 3 rings (SSSR count). The normalized spacial score (nSPS) is 20.9. The Bertz CT molecular complexity index is 552. The van der Waals surface area contributed by atoms with Gasteiger partial charge >= 0.3 is 6.03 Å². The summed E-state index contributed by atoms with van der Waals surface area (Å²) in [4.78, 5) is 13.7. The molecule has 0 aliphatic carbocycles. The Kier molecular flexibility index (Phi) is 4.26. The van der Waals surface area contributed by atoms with Gasteiger partial charge in [0.2, 0.25) is 0 Å². The summed E-state index contributed by atoms with van der Waals surface area (Å²) in [5.41, 5.74) is -0.157. The number of likely N-dealkylation sites (tertiary alicyclic amines) is 1. The number of nitrogens with one attached hydrogen (secondary N) is 1. The summed E-state index contributed by atoms with van der Waals surface area (Å²) in [5.74, 6) is -1.85. The molecule has 2 aliphatic rings. The predicted octanol–water partition coefficient (Wildman–Crippen LogP) is 2.73. The van der Waals surface area contributed by atoms with Crippen molar-refractivity contribution in [2.45, 2.75) is 25.0 Å². The van der Waals surface area contributed by atoms with Gasteiger partial charge in [-0.25, -0.2) is 13.6 Å². The average Bonchev–Trinajstić information content (AvgIpc) is 2.52. The van der Waals surface area contributed by atoms with Gasteiger partial charge in [-0.15, -0.1) is 0 Å². The van der Waals surface area contributed by atoms with E-state index >= 15 is 0 Å². The van der Waals surface area contributed by atoms with Crippen molar-refractivity contribution in [1.29, 1.82) is 0 Å². The molecule has 2 heterocycles. The number of anilines is 1. The number of hydrogen-bond acceptors (Lipinski definition) is 3. The highest BCUT2D eigenvalue weighted by Crippen LogP contribution is 2.31. The molecule has 2 aliphatic heterocycles. The van der Waals surface area contributed by atoms with Crippen molar-refractivity contribution in [1.82, 2.24) is 4.90 Å². The number of piperidine rings is 1. The first-order valence-corrected chi connectivity index (χ1v) is 7.37. The Morgan fingerprint density at radius 1 is 1.18 bits per heavy atom. The number of ether oxygens (including phenoxy) is 2. The minimum Gasteiger partial charge on any atom is -0.350 e. The number of rotatable bonds is 1. The van der Waals surface area contributed by atoms with Crippen molar-refractivity contribution < 1.29 is 23.0 Å². The van der Waals surface area contributed by atoms with Gasteiger partial charge in [0.05, 0.1) is 18.9 Å². The predicted molar refractivity (Wildman–Crippen MR) is 75.4 cm³/mol. The fourth-order valence-corrected chi connectivity index (χ4v) is 2.74. The fraction of sp³-hybridized carbons (Fsp3) is 0.533. The Morgan fingerprint density at radius 2 is 1.86 bits per heavy atom. The number of nitrogens with zero attached hydrogens (tertiary/aromatic N) is 1. The topological polar surface area (TPSA) is 50.8 Å². The molecule has 7 heteroatoms. The van der Waals surface area contributed by atoms with E-state index in [1.807, 2.05) is 0 Å². The first-order valence-electron chi connectivity index (χ1n) is 7.37. The monoisotopic (exact) mass is 312 g/mol. The molecule has 1 N–H and O–H groups in total. The quantitative estimate of drug-likeness (QED) is 0.867. The Balaban J connectivity index is 1.59. The third-order valence-electron chi connectivity index (χ3n) is 4.00. The molecule has 1 aromatic rings. The smallest absolute Gasteiger partial charge is 0.321 e. The van der Waals surface area contributed by atoms with Crippen LogP contribution in [0.3, 0.4) is 0 Å². The van der Waals surface area contributed by atoms with E-state index in [-0.39, 0.29) is 5.69 Å². The van der Waals surface area contributed by atoms with E-state index in [1.54, 1.807) is 4.90 Å². The lowest BCUT2D eigenvalue weighted by atomic mass is 10.0. The van der Waals surface area contributed by atoms with Crippen LogP contribution in [-0.2, 0) is 9.47 Å². The number of benzene rings is 1. The zero-order valence-corrected chi connectivity index (χ0v) is 12.1. The molecule has 120 valence electrons. The molecule has 1 aromatic carbocycles. The van der Waals surface area contributed by atoms with Crippen molar-refractivity contribution >= 4 is 11.7 Å². The second-order valence-corrected chi connectivity index (χ2v) is 5.50. The van der Waals surface area contributed by atoms with Crippen LogP contribution < -0.4 is 5.32 Å². The maximum Gasteiger partial charge on any atom is 0.321 e. The summed E-state index contributed by atoms with van der Waals surface area (Å²) in [6, 6.07) is 2.51. The van der Waals surface area contributed by atoms with E-state index in [1.165, 1.54) is 0 Å².